The fraction of sp³-hybridized carbons (Fsp3) is 0.609. The lowest BCUT2D eigenvalue weighted by Gasteiger charge is -2.22. The van der Waals surface area contributed by atoms with Gasteiger partial charge in [0.15, 0.2) is 0 Å². The zero-order chi connectivity index (χ0) is 23.7. The quantitative estimate of drug-likeness (QED) is 0.689. The average molecular weight is 422 g/mol. The first kappa shape index (κ1) is 29.9. The topological polar surface area (TPSA) is 114 Å². The van der Waals surface area contributed by atoms with Crippen LogP contribution in [0, 0.1) is 16.7 Å². The smallest absolute Gasteiger partial charge is 0.223 e. The molecule has 7 nitrogen and oxygen atoms in total. The van der Waals surface area contributed by atoms with Gasteiger partial charge < -0.3 is 25.2 Å². The molecule has 1 heterocycles. The fourth-order valence-corrected chi connectivity index (χ4v) is 2.69. The number of benzene rings is 1. The van der Waals surface area contributed by atoms with E-state index in [1.54, 1.807) is 24.1 Å². The van der Waals surface area contributed by atoms with Crippen molar-refractivity contribution in [3.8, 4) is 6.07 Å². The van der Waals surface area contributed by atoms with Crippen LogP contribution < -0.4 is 5.32 Å². The zero-order valence-corrected chi connectivity index (χ0v) is 19.3. The van der Waals surface area contributed by atoms with Gasteiger partial charge in [-0.1, -0.05) is 46.8 Å². The van der Waals surface area contributed by atoms with E-state index in [4.69, 9.17) is 15.2 Å². The van der Waals surface area contributed by atoms with Gasteiger partial charge in [0.1, 0.15) is 6.79 Å². The molecule has 2 atom stereocenters. The highest BCUT2D eigenvalue weighted by atomic mass is 16.3. The van der Waals surface area contributed by atoms with Crippen molar-refractivity contribution < 1.29 is 19.8 Å². The predicted octanol–water partition coefficient (Wildman–Crippen LogP) is 2.67. The van der Waals surface area contributed by atoms with Gasteiger partial charge in [-0.05, 0) is 36.6 Å². The van der Waals surface area contributed by atoms with E-state index in [2.05, 4.69) is 26.1 Å². The molecule has 0 aromatic heterocycles. The van der Waals surface area contributed by atoms with Gasteiger partial charge in [-0.15, -0.1) is 0 Å². The summed E-state index contributed by atoms with van der Waals surface area (Å²) >= 11 is 0. The number of nitriles is 1. The number of likely N-dealkylation sites (N-methyl/N-ethyl adjacent to an activating group) is 1. The molecule has 1 aliphatic heterocycles. The van der Waals surface area contributed by atoms with Gasteiger partial charge >= 0.3 is 0 Å². The van der Waals surface area contributed by atoms with Crippen LogP contribution in [0.15, 0.2) is 24.3 Å². The third-order valence-corrected chi connectivity index (χ3v) is 4.17. The Bertz CT molecular complexity index is 617. The maximum Gasteiger partial charge on any atom is 0.223 e. The lowest BCUT2D eigenvalue weighted by molar-refractivity contribution is -0.132. The minimum Gasteiger partial charge on any atom is -0.394 e. The minimum atomic E-state index is -0.302. The van der Waals surface area contributed by atoms with Crippen molar-refractivity contribution in [1.29, 1.82) is 5.26 Å². The van der Waals surface area contributed by atoms with E-state index < -0.39 is 0 Å². The molecule has 0 bridgehead atoms. The Labute approximate surface area is 181 Å². The van der Waals surface area contributed by atoms with E-state index in [0.717, 1.165) is 18.5 Å². The van der Waals surface area contributed by atoms with Gasteiger partial charge in [-0.2, -0.15) is 5.26 Å². The molecule has 2 rings (SSSR count). The van der Waals surface area contributed by atoms with Gasteiger partial charge in [0.25, 0.3) is 0 Å². The van der Waals surface area contributed by atoms with Crippen LogP contribution in [0.1, 0.15) is 64.6 Å². The summed E-state index contributed by atoms with van der Waals surface area (Å²) < 4.78 is 0. The second kappa shape index (κ2) is 16.5. The molecule has 1 aromatic carbocycles. The summed E-state index contributed by atoms with van der Waals surface area (Å²) in [5.74, 6) is 0.170. The number of hydrogen-bond acceptors (Lipinski definition) is 6. The number of carbonyl (C=O) groups excluding carboxylic acids is 2. The Hall–Kier alpha value is -2.27. The number of hydrogen-bond donors (Lipinski definition) is 3. The van der Waals surface area contributed by atoms with E-state index in [1.807, 2.05) is 38.8 Å². The standard InChI is InChI=1S/C10H12N2O.C10H19NO2.C2H6.CH2O/c1-12-10(7-13)9-4-2-8(6-11)3-5-9;1-10(2,3)6-9(13)11-5-4-8(12)7-11;2*1-2/h2-5,10,12-13H,7H2,1H3;8,12H,4-7H2,1-3H3;1-2H3;1H2. The molecule has 1 saturated heterocycles. The maximum atomic E-state index is 11.6. The Morgan fingerprint density at radius 1 is 1.30 bits per heavy atom. The fourth-order valence-electron chi connectivity index (χ4n) is 2.69. The number of β-amino-alcohol motifs (C(OH)–C–C–N with tert-alkyl or cyclic N) is 1. The van der Waals surface area contributed by atoms with Crippen LogP contribution in [-0.4, -0.2) is 60.7 Å². The molecule has 30 heavy (non-hydrogen) atoms. The van der Waals surface area contributed by atoms with E-state index in [0.29, 0.717) is 18.5 Å². The van der Waals surface area contributed by atoms with Gasteiger partial charge in [-0.3, -0.25) is 4.79 Å². The number of likely N-dealkylation sites (tertiary alicyclic amines) is 1. The molecule has 0 radical (unpaired) electrons. The van der Waals surface area contributed by atoms with E-state index in [9.17, 15) is 9.90 Å². The van der Waals surface area contributed by atoms with Crippen LogP contribution in [0.4, 0.5) is 0 Å². The molecule has 1 amide bonds. The van der Waals surface area contributed by atoms with Crippen LogP contribution in [0.3, 0.4) is 0 Å². The van der Waals surface area contributed by atoms with Crippen LogP contribution >= 0.6 is 0 Å². The third-order valence-electron chi connectivity index (χ3n) is 4.17. The normalized spacial score (nSPS) is 15.8. The van der Waals surface area contributed by atoms with Crippen LogP contribution in [0.2, 0.25) is 0 Å². The van der Waals surface area contributed by atoms with Crippen molar-refractivity contribution >= 4 is 12.7 Å². The summed E-state index contributed by atoms with van der Waals surface area (Å²) in [6.07, 6.45) is 0.999. The highest BCUT2D eigenvalue weighted by Crippen LogP contribution is 2.21. The minimum absolute atomic E-state index is 0.0463. The molecule has 1 aliphatic rings. The number of amides is 1. The van der Waals surface area contributed by atoms with Gasteiger partial charge in [-0.25, -0.2) is 0 Å². The largest absolute Gasteiger partial charge is 0.394 e. The van der Waals surface area contributed by atoms with Crippen molar-refractivity contribution in [2.75, 3.05) is 26.7 Å². The van der Waals surface area contributed by atoms with Gasteiger partial charge in [0, 0.05) is 19.5 Å². The average Bonchev–Trinajstić information content (AvgIpc) is 3.18. The van der Waals surface area contributed by atoms with Crippen LogP contribution in [0.5, 0.6) is 0 Å². The molecule has 0 saturated carbocycles. The monoisotopic (exact) mass is 421 g/mol. The van der Waals surface area contributed by atoms with Crippen molar-refractivity contribution in [2.45, 2.75) is 59.6 Å². The number of carbonyl (C=O) groups is 2. The van der Waals surface area contributed by atoms with E-state index in [-0.39, 0.29) is 30.1 Å². The summed E-state index contributed by atoms with van der Waals surface area (Å²) in [4.78, 5) is 21.4. The lowest BCUT2D eigenvalue weighted by atomic mass is 9.92. The lowest BCUT2D eigenvalue weighted by Crippen LogP contribution is -2.32. The molecule has 1 fully saturated rings. The maximum absolute atomic E-state index is 11.6. The summed E-state index contributed by atoms with van der Waals surface area (Å²) in [5.41, 5.74) is 1.67. The SMILES string of the molecule is C=O.CC.CC(C)(C)CC(=O)N1CCC(O)C1.CNC(CO)c1ccc(C#N)cc1. The molecule has 170 valence electrons. The highest BCUT2D eigenvalue weighted by molar-refractivity contribution is 5.77. The first-order valence-electron chi connectivity index (χ1n) is 10.2. The Kier molecular flexibility index (Phi) is 16.5. The summed E-state index contributed by atoms with van der Waals surface area (Å²) in [6.45, 7) is 13.5. The molecule has 1 aromatic rings. The van der Waals surface area contributed by atoms with Gasteiger partial charge in [0.2, 0.25) is 5.91 Å². The summed E-state index contributed by atoms with van der Waals surface area (Å²) in [6, 6.07) is 9.17. The summed E-state index contributed by atoms with van der Waals surface area (Å²) in [7, 11) is 1.79. The Morgan fingerprint density at radius 2 is 1.83 bits per heavy atom. The van der Waals surface area contributed by atoms with Crippen molar-refractivity contribution in [3.63, 3.8) is 0 Å². The number of nitrogens with zero attached hydrogens (tertiary/aromatic N) is 2. The van der Waals surface area contributed by atoms with E-state index >= 15 is 0 Å². The van der Waals surface area contributed by atoms with Crippen molar-refractivity contribution in [3.05, 3.63) is 35.4 Å². The molecular formula is C23H39N3O4. The number of aliphatic hydroxyl groups excluding tert-OH is 2. The zero-order valence-electron chi connectivity index (χ0n) is 19.3. The molecule has 0 spiro atoms. The van der Waals surface area contributed by atoms with Gasteiger partial charge in [0.05, 0.1) is 30.4 Å². The second-order valence-electron chi connectivity index (χ2n) is 7.78. The number of nitrogens with one attached hydrogen (secondary N) is 1. The number of rotatable bonds is 4. The molecule has 2 unspecified atom stereocenters. The third kappa shape index (κ3) is 12.3. The number of aliphatic hydroxyl groups is 2. The van der Waals surface area contributed by atoms with Crippen molar-refractivity contribution in [2.24, 2.45) is 5.41 Å². The van der Waals surface area contributed by atoms with Crippen LogP contribution in [0.25, 0.3) is 0 Å². The highest BCUT2D eigenvalue weighted by Gasteiger charge is 2.27. The Morgan fingerprint density at radius 3 is 2.17 bits per heavy atom. The summed E-state index contributed by atoms with van der Waals surface area (Å²) in [5, 5.41) is 29.8. The molecule has 3 N–H and O–H groups in total. The molecule has 0 aliphatic carbocycles. The first-order valence-corrected chi connectivity index (χ1v) is 10.2. The Balaban J connectivity index is 0. The second-order valence-corrected chi connectivity index (χ2v) is 7.78. The molecular weight excluding hydrogens is 382 g/mol. The predicted molar refractivity (Wildman–Crippen MR) is 120 cm³/mol. The van der Waals surface area contributed by atoms with E-state index in [1.165, 1.54) is 0 Å². The van der Waals surface area contributed by atoms with Crippen molar-refractivity contribution in [1.82, 2.24) is 10.2 Å². The van der Waals surface area contributed by atoms with Crippen LogP contribution in [-0.2, 0) is 9.59 Å². The first-order chi connectivity index (χ1) is 14.2. The molecule has 7 heteroatoms.